The van der Waals surface area contributed by atoms with E-state index in [-0.39, 0.29) is 12.2 Å². The first-order valence-electron chi connectivity index (χ1n) is 7.42. The number of carbonyl (C=O) groups excluding carboxylic acids is 3. The van der Waals surface area contributed by atoms with Crippen LogP contribution in [0.4, 0.5) is 5.69 Å². The summed E-state index contributed by atoms with van der Waals surface area (Å²) in [5.74, 6) is -1.70. The maximum absolute atomic E-state index is 11.8. The Morgan fingerprint density at radius 2 is 1.52 bits per heavy atom. The van der Waals surface area contributed by atoms with E-state index in [4.69, 9.17) is 9.47 Å². The van der Waals surface area contributed by atoms with Crippen molar-refractivity contribution in [2.24, 2.45) is 0 Å². The molecule has 0 bridgehead atoms. The van der Waals surface area contributed by atoms with Crippen molar-refractivity contribution >= 4 is 23.5 Å². The van der Waals surface area contributed by atoms with Gasteiger partial charge in [0, 0.05) is 17.8 Å². The number of aromatic nitrogens is 1. The normalized spacial score (nSPS) is 9.96. The highest BCUT2D eigenvalue weighted by Gasteiger charge is 2.12. The van der Waals surface area contributed by atoms with E-state index >= 15 is 0 Å². The molecule has 0 spiro atoms. The molecule has 1 aromatic heterocycles. The van der Waals surface area contributed by atoms with Crippen LogP contribution in [0.2, 0.25) is 0 Å². The second-order valence-electron chi connectivity index (χ2n) is 4.87. The zero-order valence-corrected chi connectivity index (χ0v) is 13.4. The molecule has 130 valence electrons. The number of anilines is 1. The summed E-state index contributed by atoms with van der Waals surface area (Å²) in [5, 5.41) is 13.4. The molecule has 25 heavy (non-hydrogen) atoms. The predicted molar refractivity (Wildman–Crippen MR) is 86.7 cm³/mol. The molecular weight excluding hydrogens is 328 g/mol. The maximum atomic E-state index is 11.8. The smallest absolute Gasteiger partial charge is 0.339 e. The predicted octanol–water partition coefficient (Wildman–Crippen LogP) is 1.29. The number of esters is 2. The molecule has 1 amide bonds. The fourth-order valence-electron chi connectivity index (χ4n) is 1.86. The van der Waals surface area contributed by atoms with E-state index in [0.29, 0.717) is 16.0 Å². The second-order valence-corrected chi connectivity index (χ2v) is 4.87. The average Bonchev–Trinajstić information content (AvgIpc) is 2.61. The molecule has 1 N–H and O–H groups in total. The van der Waals surface area contributed by atoms with E-state index < -0.39 is 24.5 Å². The van der Waals surface area contributed by atoms with Crippen LogP contribution in [0.25, 0.3) is 0 Å². The molecule has 0 radical (unpaired) electrons. The summed E-state index contributed by atoms with van der Waals surface area (Å²) in [5.41, 5.74) is 0.978. The van der Waals surface area contributed by atoms with Crippen LogP contribution in [0.1, 0.15) is 27.6 Å². The largest absolute Gasteiger partial charge is 0.619 e. The number of pyridine rings is 1. The van der Waals surface area contributed by atoms with Crippen molar-refractivity contribution in [1.82, 2.24) is 0 Å². The Kier molecular flexibility index (Phi) is 6.05. The number of carbonyl (C=O) groups is 3. The van der Waals surface area contributed by atoms with Gasteiger partial charge in [0.1, 0.15) is 0 Å². The molecule has 0 aliphatic heterocycles. The zero-order valence-electron chi connectivity index (χ0n) is 13.4. The van der Waals surface area contributed by atoms with Crippen molar-refractivity contribution in [3.05, 3.63) is 65.1 Å². The summed E-state index contributed by atoms with van der Waals surface area (Å²) in [6.45, 7) is 1.51. The third kappa shape index (κ3) is 5.31. The minimum Gasteiger partial charge on any atom is -0.619 e. The fourth-order valence-corrected chi connectivity index (χ4v) is 1.86. The Hall–Kier alpha value is -3.42. The lowest BCUT2D eigenvalue weighted by atomic mass is 10.2. The molecule has 1 aromatic carbocycles. The van der Waals surface area contributed by atoms with Crippen LogP contribution in [0.5, 0.6) is 0 Å². The quantitative estimate of drug-likeness (QED) is 0.480. The molecule has 0 fully saturated rings. The number of benzene rings is 1. The average molecular weight is 344 g/mol. The second kappa shape index (κ2) is 8.44. The topological polar surface area (TPSA) is 109 Å². The minimum absolute atomic E-state index is 0.165. The third-order valence-corrected chi connectivity index (χ3v) is 3.05. The van der Waals surface area contributed by atoms with Crippen molar-refractivity contribution < 1.29 is 28.6 Å². The molecule has 0 unspecified atom stereocenters. The lowest BCUT2D eigenvalue weighted by molar-refractivity contribution is -0.605. The Balaban J connectivity index is 1.84. The van der Waals surface area contributed by atoms with Gasteiger partial charge in [0.05, 0.1) is 17.7 Å². The van der Waals surface area contributed by atoms with Crippen molar-refractivity contribution in [3.63, 3.8) is 0 Å². The number of hydrogen-bond donors (Lipinski definition) is 1. The van der Waals surface area contributed by atoms with Gasteiger partial charge in [-0.1, -0.05) is 0 Å². The molecule has 8 heteroatoms. The van der Waals surface area contributed by atoms with Gasteiger partial charge in [0.15, 0.2) is 19.0 Å². The van der Waals surface area contributed by atoms with Crippen molar-refractivity contribution in [2.45, 2.75) is 6.92 Å². The number of rotatable bonds is 6. The standard InChI is InChI=1S/C17H16N2O6/c1-2-24-16(21)12-3-5-14(6-4-12)18-15(20)11-25-17(22)13-7-9-19(23)10-8-13/h3-10H,2,11H2,1H3,(H,18,20). The van der Waals surface area contributed by atoms with Gasteiger partial charge in [0.25, 0.3) is 5.91 Å². The third-order valence-electron chi connectivity index (χ3n) is 3.05. The van der Waals surface area contributed by atoms with Crippen molar-refractivity contribution in [2.75, 3.05) is 18.5 Å². The molecule has 1 heterocycles. The van der Waals surface area contributed by atoms with Crippen LogP contribution in [0.3, 0.4) is 0 Å². The first-order valence-corrected chi connectivity index (χ1v) is 7.42. The molecule has 2 aromatic rings. The lowest BCUT2D eigenvalue weighted by Gasteiger charge is -2.07. The van der Waals surface area contributed by atoms with Crippen LogP contribution >= 0.6 is 0 Å². The number of nitrogens with one attached hydrogen (secondary N) is 1. The highest BCUT2D eigenvalue weighted by molar-refractivity contribution is 5.96. The van der Waals surface area contributed by atoms with E-state index in [1.54, 1.807) is 6.92 Å². The molecule has 0 aliphatic rings. The first kappa shape index (κ1) is 17.9. The molecule has 0 atom stereocenters. The molecule has 0 saturated heterocycles. The molecule has 8 nitrogen and oxygen atoms in total. The Morgan fingerprint density at radius 1 is 0.960 bits per heavy atom. The highest BCUT2D eigenvalue weighted by atomic mass is 16.5. The van der Waals surface area contributed by atoms with E-state index in [1.807, 2.05) is 0 Å². The van der Waals surface area contributed by atoms with E-state index in [0.717, 1.165) is 12.4 Å². The molecular formula is C17H16N2O6. The van der Waals surface area contributed by atoms with Crippen LogP contribution in [0.15, 0.2) is 48.8 Å². The molecule has 0 aliphatic carbocycles. The summed E-state index contributed by atoms with van der Waals surface area (Å²) in [4.78, 5) is 35.0. The van der Waals surface area contributed by atoms with Crippen LogP contribution < -0.4 is 10.0 Å². The van der Waals surface area contributed by atoms with E-state index in [2.05, 4.69) is 5.32 Å². The van der Waals surface area contributed by atoms with E-state index in [9.17, 15) is 19.6 Å². The first-order chi connectivity index (χ1) is 12.0. The van der Waals surface area contributed by atoms with Crippen LogP contribution in [-0.2, 0) is 14.3 Å². The molecule has 2 rings (SSSR count). The van der Waals surface area contributed by atoms with Gasteiger partial charge in [-0.2, -0.15) is 4.73 Å². The number of ether oxygens (including phenoxy) is 2. The zero-order chi connectivity index (χ0) is 18.2. The van der Waals surface area contributed by atoms with Gasteiger partial charge in [0.2, 0.25) is 0 Å². The lowest BCUT2D eigenvalue weighted by Crippen LogP contribution is -2.25. The minimum atomic E-state index is -0.714. The van der Waals surface area contributed by atoms with Gasteiger partial charge in [-0.25, -0.2) is 9.59 Å². The fraction of sp³-hybridized carbons (Fsp3) is 0.176. The summed E-state index contributed by atoms with van der Waals surface area (Å²) in [6.07, 6.45) is 2.31. The number of amides is 1. The number of nitrogens with zero attached hydrogens (tertiary/aromatic N) is 1. The molecule has 0 saturated carbocycles. The van der Waals surface area contributed by atoms with Gasteiger partial charge < -0.3 is 20.0 Å². The van der Waals surface area contributed by atoms with Crippen LogP contribution in [-0.4, -0.2) is 31.1 Å². The summed E-state index contributed by atoms with van der Waals surface area (Å²) in [6, 6.07) is 8.69. The van der Waals surface area contributed by atoms with Crippen LogP contribution in [0, 0.1) is 5.21 Å². The number of hydrogen-bond acceptors (Lipinski definition) is 6. The Morgan fingerprint density at radius 3 is 2.12 bits per heavy atom. The highest BCUT2D eigenvalue weighted by Crippen LogP contribution is 2.10. The summed E-state index contributed by atoms with van der Waals surface area (Å²) >= 11 is 0. The maximum Gasteiger partial charge on any atom is 0.339 e. The monoisotopic (exact) mass is 344 g/mol. The van der Waals surface area contributed by atoms with Gasteiger partial charge in [-0.05, 0) is 31.2 Å². The Bertz CT molecular complexity index is 756. The Labute approximate surface area is 143 Å². The van der Waals surface area contributed by atoms with Crippen molar-refractivity contribution in [1.29, 1.82) is 0 Å². The SMILES string of the molecule is CCOC(=O)c1ccc(NC(=O)COC(=O)c2cc[n+]([O-])cc2)cc1. The van der Waals surface area contributed by atoms with Gasteiger partial charge in [-0.15, -0.1) is 0 Å². The summed E-state index contributed by atoms with van der Waals surface area (Å²) < 4.78 is 10.2. The van der Waals surface area contributed by atoms with Gasteiger partial charge in [-0.3, -0.25) is 4.79 Å². The van der Waals surface area contributed by atoms with E-state index in [1.165, 1.54) is 36.4 Å². The summed E-state index contributed by atoms with van der Waals surface area (Å²) in [7, 11) is 0. The van der Waals surface area contributed by atoms with Crippen molar-refractivity contribution in [3.8, 4) is 0 Å². The van der Waals surface area contributed by atoms with Gasteiger partial charge >= 0.3 is 11.9 Å².